The van der Waals surface area contributed by atoms with Crippen molar-refractivity contribution in [2.24, 2.45) is 5.84 Å². The molecule has 7 heteroatoms. The van der Waals surface area contributed by atoms with Crippen LogP contribution in [0.2, 0.25) is 5.15 Å². The van der Waals surface area contributed by atoms with Crippen LogP contribution in [0.4, 0.5) is 5.82 Å². The molecule has 1 unspecified atom stereocenters. The zero-order valence-corrected chi connectivity index (χ0v) is 12.5. The monoisotopic (exact) mass is 310 g/mol. The summed E-state index contributed by atoms with van der Waals surface area (Å²) in [6.07, 6.45) is 0.796. The standard InChI is InChI=1S/C13H15ClN4OS/c1-8(5-10-3-2-4-20-10)16-13(19)9-6-11(14)17-12(7-9)18-15/h2-4,6-8H,5,15H2,1H3,(H,16,19)(H,17,18). The lowest BCUT2D eigenvalue weighted by molar-refractivity contribution is 0.0940. The molecule has 0 bridgehead atoms. The third kappa shape index (κ3) is 3.93. The number of pyridine rings is 1. The topological polar surface area (TPSA) is 80.0 Å². The molecule has 0 aromatic carbocycles. The Bertz CT molecular complexity index is 588. The first-order chi connectivity index (χ1) is 9.58. The Labute approximate surface area is 126 Å². The fraction of sp³-hybridized carbons (Fsp3) is 0.231. The van der Waals surface area contributed by atoms with E-state index in [9.17, 15) is 4.79 Å². The molecule has 1 amide bonds. The van der Waals surface area contributed by atoms with Crippen LogP contribution in [0.25, 0.3) is 0 Å². The van der Waals surface area contributed by atoms with Gasteiger partial charge >= 0.3 is 0 Å². The number of hydrazine groups is 1. The van der Waals surface area contributed by atoms with Gasteiger partial charge in [0.1, 0.15) is 11.0 Å². The zero-order valence-electron chi connectivity index (χ0n) is 10.9. The Morgan fingerprint density at radius 3 is 3.00 bits per heavy atom. The van der Waals surface area contributed by atoms with Crippen molar-refractivity contribution in [3.63, 3.8) is 0 Å². The summed E-state index contributed by atoms with van der Waals surface area (Å²) in [6, 6.07) is 7.14. The quantitative estimate of drug-likeness (QED) is 0.450. The molecule has 0 aliphatic heterocycles. The average molecular weight is 311 g/mol. The molecule has 2 aromatic heterocycles. The second kappa shape index (κ2) is 6.69. The highest BCUT2D eigenvalue weighted by Crippen LogP contribution is 2.15. The predicted molar refractivity (Wildman–Crippen MR) is 82.0 cm³/mol. The Morgan fingerprint density at radius 2 is 2.35 bits per heavy atom. The van der Waals surface area contributed by atoms with Crippen LogP contribution in [0.3, 0.4) is 0 Å². The van der Waals surface area contributed by atoms with Gasteiger partial charge in [-0.2, -0.15) is 0 Å². The van der Waals surface area contributed by atoms with E-state index in [0.717, 1.165) is 6.42 Å². The molecule has 4 N–H and O–H groups in total. The predicted octanol–water partition coefficient (Wildman–Crippen LogP) is 2.44. The summed E-state index contributed by atoms with van der Waals surface area (Å²) in [5.74, 6) is 5.43. The highest BCUT2D eigenvalue weighted by Gasteiger charge is 2.12. The van der Waals surface area contributed by atoms with Gasteiger partial charge in [0, 0.05) is 22.9 Å². The highest BCUT2D eigenvalue weighted by molar-refractivity contribution is 7.09. The van der Waals surface area contributed by atoms with Crippen molar-refractivity contribution in [2.45, 2.75) is 19.4 Å². The number of aromatic nitrogens is 1. The molecule has 2 aromatic rings. The summed E-state index contributed by atoms with van der Waals surface area (Å²) in [5, 5.41) is 5.16. The van der Waals surface area contributed by atoms with Crippen LogP contribution in [-0.4, -0.2) is 16.9 Å². The number of nitrogen functional groups attached to an aromatic ring is 1. The van der Waals surface area contributed by atoms with Gasteiger partial charge in [0.2, 0.25) is 0 Å². The normalized spacial score (nSPS) is 11.9. The minimum absolute atomic E-state index is 0.0300. The van der Waals surface area contributed by atoms with Gasteiger partial charge in [-0.05, 0) is 30.5 Å². The number of hydrogen-bond acceptors (Lipinski definition) is 5. The first-order valence-electron chi connectivity index (χ1n) is 6.06. The lowest BCUT2D eigenvalue weighted by atomic mass is 10.2. The first kappa shape index (κ1) is 14.8. The van der Waals surface area contributed by atoms with Crippen molar-refractivity contribution in [3.8, 4) is 0 Å². The maximum atomic E-state index is 12.1. The Hall–Kier alpha value is -1.63. The summed E-state index contributed by atoms with van der Waals surface area (Å²) >= 11 is 7.51. The number of nitrogens with two attached hydrogens (primary N) is 1. The molecule has 0 spiro atoms. The van der Waals surface area contributed by atoms with Gasteiger partial charge in [0.25, 0.3) is 5.91 Å². The summed E-state index contributed by atoms with van der Waals surface area (Å²) in [4.78, 5) is 17.3. The number of nitrogens with zero attached hydrogens (tertiary/aromatic N) is 1. The molecule has 0 aliphatic rings. The minimum atomic E-state index is -0.199. The SMILES string of the molecule is CC(Cc1cccs1)NC(=O)c1cc(Cl)nc(NN)c1. The third-order valence-corrected chi connectivity index (χ3v) is 3.76. The smallest absolute Gasteiger partial charge is 0.251 e. The van der Waals surface area contributed by atoms with E-state index in [1.165, 1.54) is 10.9 Å². The van der Waals surface area contributed by atoms with Crippen LogP contribution >= 0.6 is 22.9 Å². The van der Waals surface area contributed by atoms with Crippen LogP contribution in [0.5, 0.6) is 0 Å². The van der Waals surface area contributed by atoms with Crippen molar-refractivity contribution >= 4 is 34.7 Å². The molecular formula is C13H15ClN4OS. The van der Waals surface area contributed by atoms with Gasteiger partial charge < -0.3 is 10.7 Å². The largest absolute Gasteiger partial charge is 0.349 e. The Kier molecular flexibility index (Phi) is 4.94. The fourth-order valence-electron chi connectivity index (χ4n) is 1.79. The third-order valence-electron chi connectivity index (χ3n) is 2.67. The maximum absolute atomic E-state index is 12.1. The number of anilines is 1. The van der Waals surface area contributed by atoms with E-state index < -0.39 is 0 Å². The molecule has 0 saturated carbocycles. The molecule has 2 rings (SSSR count). The van der Waals surface area contributed by atoms with Gasteiger partial charge in [0.15, 0.2) is 0 Å². The van der Waals surface area contributed by atoms with Crippen molar-refractivity contribution in [2.75, 3.05) is 5.43 Å². The minimum Gasteiger partial charge on any atom is -0.349 e. The van der Waals surface area contributed by atoms with Crippen molar-refractivity contribution in [1.29, 1.82) is 0 Å². The van der Waals surface area contributed by atoms with Crippen LogP contribution < -0.4 is 16.6 Å². The Morgan fingerprint density at radius 1 is 1.55 bits per heavy atom. The number of amides is 1. The average Bonchev–Trinajstić information content (AvgIpc) is 2.90. The molecular weight excluding hydrogens is 296 g/mol. The summed E-state index contributed by atoms with van der Waals surface area (Å²) in [5.41, 5.74) is 2.81. The van der Waals surface area contributed by atoms with Crippen LogP contribution in [-0.2, 0) is 6.42 Å². The molecule has 106 valence electrons. The van der Waals surface area contributed by atoms with E-state index in [1.807, 2.05) is 24.4 Å². The van der Waals surface area contributed by atoms with E-state index in [0.29, 0.717) is 11.4 Å². The molecule has 0 aliphatic carbocycles. The molecule has 5 nitrogen and oxygen atoms in total. The lowest BCUT2D eigenvalue weighted by Gasteiger charge is -2.13. The second-order valence-electron chi connectivity index (χ2n) is 4.37. The summed E-state index contributed by atoms with van der Waals surface area (Å²) < 4.78 is 0. The van der Waals surface area contributed by atoms with Gasteiger partial charge in [-0.25, -0.2) is 10.8 Å². The summed E-state index contributed by atoms with van der Waals surface area (Å²) in [7, 11) is 0. The van der Waals surface area contributed by atoms with E-state index in [-0.39, 0.29) is 17.1 Å². The molecule has 0 radical (unpaired) electrons. The van der Waals surface area contributed by atoms with E-state index >= 15 is 0 Å². The van der Waals surface area contributed by atoms with Crippen LogP contribution in [0.1, 0.15) is 22.2 Å². The van der Waals surface area contributed by atoms with Gasteiger partial charge in [-0.1, -0.05) is 17.7 Å². The van der Waals surface area contributed by atoms with Gasteiger partial charge in [0.05, 0.1) is 0 Å². The molecule has 20 heavy (non-hydrogen) atoms. The van der Waals surface area contributed by atoms with E-state index in [4.69, 9.17) is 17.4 Å². The molecule has 1 atom stereocenters. The van der Waals surface area contributed by atoms with Crippen molar-refractivity contribution < 1.29 is 4.79 Å². The molecule has 0 fully saturated rings. The number of halogens is 1. The van der Waals surface area contributed by atoms with Crippen LogP contribution in [0.15, 0.2) is 29.6 Å². The van der Waals surface area contributed by atoms with Crippen LogP contribution in [0, 0.1) is 0 Å². The number of nitrogens with one attached hydrogen (secondary N) is 2. The number of rotatable bonds is 5. The molecule has 0 saturated heterocycles. The number of carbonyl (C=O) groups excluding carboxylic acids is 1. The number of hydrogen-bond donors (Lipinski definition) is 3. The fourth-order valence-corrected chi connectivity index (χ4v) is 2.83. The van der Waals surface area contributed by atoms with E-state index in [1.54, 1.807) is 17.4 Å². The van der Waals surface area contributed by atoms with Gasteiger partial charge in [-0.3, -0.25) is 4.79 Å². The Balaban J connectivity index is 2.02. The maximum Gasteiger partial charge on any atom is 0.251 e. The molecule has 2 heterocycles. The lowest BCUT2D eigenvalue weighted by Crippen LogP contribution is -2.34. The highest BCUT2D eigenvalue weighted by atomic mass is 35.5. The second-order valence-corrected chi connectivity index (χ2v) is 5.79. The number of carbonyl (C=O) groups is 1. The number of thiophene rings is 1. The van der Waals surface area contributed by atoms with Gasteiger partial charge in [-0.15, -0.1) is 11.3 Å². The van der Waals surface area contributed by atoms with Crippen molar-refractivity contribution in [3.05, 3.63) is 45.2 Å². The first-order valence-corrected chi connectivity index (χ1v) is 7.31. The summed E-state index contributed by atoms with van der Waals surface area (Å²) in [6.45, 7) is 1.96. The zero-order chi connectivity index (χ0) is 14.5. The van der Waals surface area contributed by atoms with Crippen molar-refractivity contribution in [1.82, 2.24) is 10.3 Å². The van der Waals surface area contributed by atoms with E-state index in [2.05, 4.69) is 15.7 Å².